The highest BCUT2D eigenvalue weighted by Crippen LogP contribution is 2.41. The summed E-state index contributed by atoms with van der Waals surface area (Å²) in [7, 11) is 0. The topological polar surface area (TPSA) is 29.9 Å². The van der Waals surface area contributed by atoms with E-state index in [4.69, 9.17) is 16.6 Å². The molecule has 1 saturated heterocycles. The van der Waals surface area contributed by atoms with E-state index in [2.05, 4.69) is 16.0 Å². The number of piperidine rings is 1. The van der Waals surface area contributed by atoms with E-state index in [9.17, 15) is 0 Å². The molecule has 2 heterocycles. The molecule has 1 N–H and O–H groups in total. The molecule has 0 spiro atoms. The molecular weight excluding hydrogens is 270 g/mol. The predicted molar refractivity (Wildman–Crippen MR) is 82.3 cm³/mol. The summed E-state index contributed by atoms with van der Waals surface area (Å²) in [6.07, 6.45) is 6.18. The molecule has 3 nitrogen and oxygen atoms in total. The predicted octanol–water partition coefficient (Wildman–Crippen LogP) is 3.57. The van der Waals surface area contributed by atoms with Crippen molar-refractivity contribution in [3.05, 3.63) is 29.0 Å². The Bertz CT molecular complexity index is 624. The Labute approximate surface area is 124 Å². The molecule has 2 aliphatic rings. The average molecular weight is 290 g/mol. The molecule has 1 aromatic heterocycles. The Morgan fingerprint density at radius 1 is 1.20 bits per heavy atom. The van der Waals surface area contributed by atoms with Crippen LogP contribution in [0.5, 0.6) is 0 Å². The number of hydrogen-bond acceptors (Lipinski definition) is 2. The number of halogens is 1. The second-order valence-corrected chi connectivity index (χ2v) is 6.54. The first-order valence-electron chi connectivity index (χ1n) is 7.69. The van der Waals surface area contributed by atoms with Crippen LogP contribution >= 0.6 is 11.6 Å². The lowest BCUT2D eigenvalue weighted by atomic mass is 9.94. The van der Waals surface area contributed by atoms with Crippen molar-refractivity contribution in [3.63, 3.8) is 0 Å². The zero-order valence-electron chi connectivity index (χ0n) is 11.6. The van der Waals surface area contributed by atoms with Crippen LogP contribution in [0.1, 0.15) is 37.5 Å². The van der Waals surface area contributed by atoms with Gasteiger partial charge in [-0.1, -0.05) is 17.7 Å². The molecule has 1 aliphatic heterocycles. The maximum absolute atomic E-state index is 6.42. The van der Waals surface area contributed by atoms with Gasteiger partial charge in [0.15, 0.2) is 0 Å². The van der Waals surface area contributed by atoms with Crippen LogP contribution < -0.4 is 5.32 Å². The second-order valence-electron chi connectivity index (χ2n) is 6.13. The second kappa shape index (κ2) is 5.05. The van der Waals surface area contributed by atoms with Crippen LogP contribution in [0.4, 0.5) is 0 Å². The summed E-state index contributed by atoms with van der Waals surface area (Å²) >= 11 is 6.42. The van der Waals surface area contributed by atoms with Crippen molar-refractivity contribution < 1.29 is 0 Å². The van der Waals surface area contributed by atoms with Crippen LogP contribution in [0.25, 0.3) is 11.0 Å². The van der Waals surface area contributed by atoms with Gasteiger partial charge in [-0.2, -0.15) is 0 Å². The fourth-order valence-corrected chi connectivity index (χ4v) is 3.63. The van der Waals surface area contributed by atoms with E-state index in [1.165, 1.54) is 31.5 Å². The first-order valence-corrected chi connectivity index (χ1v) is 8.07. The molecule has 20 heavy (non-hydrogen) atoms. The third kappa shape index (κ3) is 2.23. The Kier molecular flexibility index (Phi) is 3.20. The highest BCUT2D eigenvalue weighted by Gasteiger charge is 2.30. The van der Waals surface area contributed by atoms with E-state index in [-0.39, 0.29) is 0 Å². The summed E-state index contributed by atoms with van der Waals surface area (Å²) in [5, 5.41) is 4.28. The molecule has 1 aliphatic carbocycles. The van der Waals surface area contributed by atoms with Gasteiger partial charge in [0.1, 0.15) is 5.82 Å². The fourth-order valence-electron chi connectivity index (χ4n) is 3.37. The zero-order valence-corrected chi connectivity index (χ0v) is 12.4. The number of para-hydroxylation sites is 1. The summed E-state index contributed by atoms with van der Waals surface area (Å²) in [5.41, 5.74) is 2.22. The van der Waals surface area contributed by atoms with E-state index in [1.807, 2.05) is 12.1 Å². The quantitative estimate of drug-likeness (QED) is 0.936. The van der Waals surface area contributed by atoms with Gasteiger partial charge in [-0.15, -0.1) is 0 Å². The summed E-state index contributed by atoms with van der Waals surface area (Å²) in [6, 6.07) is 6.71. The third-order valence-corrected chi connectivity index (χ3v) is 4.88. The normalized spacial score (nSPS) is 20.6. The standard InChI is InChI=1S/C16H20ClN3/c17-13-2-1-3-14-16(13)20(12-4-5-12)15(19-14)10-11-6-8-18-9-7-11/h1-3,11-12,18H,4-10H2. The summed E-state index contributed by atoms with van der Waals surface area (Å²) in [4.78, 5) is 4.89. The molecule has 0 radical (unpaired) electrons. The molecular formula is C16H20ClN3. The van der Waals surface area contributed by atoms with E-state index >= 15 is 0 Å². The first kappa shape index (κ1) is 12.7. The van der Waals surface area contributed by atoms with Crippen molar-refractivity contribution in [1.82, 2.24) is 14.9 Å². The van der Waals surface area contributed by atoms with Crippen molar-refractivity contribution in [2.24, 2.45) is 5.92 Å². The number of nitrogens with one attached hydrogen (secondary N) is 1. The number of benzene rings is 1. The highest BCUT2D eigenvalue weighted by molar-refractivity contribution is 6.35. The number of rotatable bonds is 3. The molecule has 4 heteroatoms. The number of hydrogen-bond donors (Lipinski definition) is 1. The van der Waals surface area contributed by atoms with Crippen molar-refractivity contribution in [2.45, 2.75) is 38.1 Å². The molecule has 1 aromatic carbocycles. The SMILES string of the molecule is Clc1cccc2nc(CC3CCNCC3)n(C3CC3)c12. The maximum Gasteiger partial charge on any atom is 0.110 e. The van der Waals surface area contributed by atoms with Crippen LogP contribution in [-0.4, -0.2) is 22.6 Å². The van der Waals surface area contributed by atoms with Crippen LogP contribution in [0, 0.1) is 5.92 Å². The van der Waals surface area contributed by atoms with Crippen molar-refractivity contribution in [2.75, 3.05) is 13.1 Å². The molecule has 0 unspecified atom stereocenters. The molecule has 0 bridgehead atoms. The van der Waals surface area contributed by atoms with Crippen molar-refractivity contribution in [3.8, 4) is 0 Å². The minimum Gasteiger partial charge on any atom is -0.324 e. The van der Waals surface area contributed by atoms with Gasteiger partial charge in [-0.25, -0.2) is 4.98 Å². The van der Waals surface area contributed by atoms with Gasteiger partial charge >= 0.3 is 0 Å². The van der Waals surface area contributed by atoms with E-state index in [0.717, 1.165) is 41.5 Å². The minimum absolute atomic E-state index is 0.636. The minimum atomic E-state index is 0.636. The van der Waals surface area contributed by atoms with Gasteiger partial charge in [0.2, 0.25) is 0 Å². The van der Waals surface area contributed by atoms with E-state index in [0.29, 0.717) is 6.04 Å². The lowest BCUT2D eigenvalue weighted by Gasteiger charge is -2.22. The molecule has 4 rings (SSSR count). The van der Waals surface area contributed by atoms with Gasteiger partial charge in [0.25, 0.3) is 0 Å². The van der Waals surface area contributed by atoms with E-state index in [1.54, 1.807) is 0 Å². The molecule has 106 valence electrons. The number of imidazole rings is 1. The Morgan fingerprint density at radius 2 is 2.00 bits per heavy atom. The van der Waals surface area contributed by atoms with Crippen LogP contribution in [0.2, 0.25) is 5.02 Å². The zero-order chi connectivity index (χ0) is 13.5. The largest absolute Gasteiger partial charge is 0.324 e. The Hall–Kier alpha value is -1.06. The summed E-state index contributed by atoms with van der Waals surface area (Å²) in [6.45, 7) is 2.30. The van der Waals surface area contributed by atoms with Gasteiger partial charge in [-0.05, 0) is 56.8 Å². The lowest BCUT2D eigenvalue weighted by molar-refractivity contribution is 0.363. The third-order valence-electron chi connectivity index (χ3n) is 4.58. The lowest BCUT2D eigenvalue weighted by Crippen LogP contribution is -2.29. The first-order chi connectivity index (χ1) is 9.83. The molecule has 2 aromatic rings. The maximum atomic E-state index is 6.42. The molecule has 0 amide bonds. The number of nitrogens with zero attached hydrogens (tertiary/aromatic N) is 2. The van der Waals surface area contributed by atoms with Gasteiger partial charge in [0, 0.05) is 12.5 Å². The van der Waals surface area contributed by atoms with Crippen LogP contribution in [-0.2, 0) is 6.42 Å². The monoisotopic (exact) mass is 289 g/mol. The fraction of sp³-hybridized carbons (Fsp3) is 0.562. The van der Waals surface area contributed by atoms with Gasteiger partial charge in [0.05, 0.1) is 16.1 Å². The molecule has 2 fully saturated rings. The van der Waals surface area contributed by atoms with Crippen molar-refractivity contribution >= 4 is 22.6 Å². The van der Waals surface area contributed by atoms with E-state index < -0.39 is 0 Å². The summed E-state index contributed by atoms with van der Waals surface area (Å²) < 4.78 is 2.43. The van der Waals surface area contributed by atoms with Gasteiger partial charge in [-0.3, -0.25) is 0 Å². The molecule has 1 saturated carbocycles. The Morgan fingerprint density at radius 3 is 2.75 bits per heavy atom. The smallest absolute Gasteiger partial charge is 0.110 e. The van der Waals surface area contributed by atoms with Crippen LogP contribution in [0.15, 0.2) is 18.2 Å². The number of aromatic nitrogens is 2. The summed E-state index contributed by atoms with van der Waals surface area (Å²) in [5.74, 6) is 2.02. The van der Waals surface area contributed by atoms with Crippen LogP contribution in [0.3, 0.4) is 0 Å². The average Bonchev–Trinajstić information content (AvgIpc) is 3.22. The molecule has 0 atom stereocenters. The van der Waals surface area contributed by atoms with Gasteiger partial charge < -0.3 is 9.88 Å². The number of fused-ring (bicyclic) bond motifs is 1. The highest BCUT2D eigenvalue weighted by atomic mass is 35.5. The Balaban J connectivity index is 1.74. The van der Waals surface area contributed by atoms with Crippen molar-refractivity contribution in [1.29, 1.82) is 0 Å².